The van der Waals surface area contributed by atoms with Gasteiger partial charge in [-0.05, 0) is 44.0 Å². The van der Waals surface area contributed by atoms with Crippen molar-refractivity contribution >= 4 is 5.97 Å². The van der Waals surface area contributed by atoms with Crippen LogP contribution in [-0.2, 0) is 0 Å². The number of pyridine rings is 1. The molecule has 0 aliphatic heterocycles. The Morgan fingerprint density at radius 1 is 1.30 bits per heavy atom. The van der Waals surface area contributed by atoms with E-state index in [0.717, 1.165) is 17.7 Å². The molecule has 5 nitrogen and oxygen atoms in total. The molecule has 2 aromatic rings. The lowest BCUT2D eigenvalue weighted by molar-refractivity contribution is 0.0692. The minimum Gasteiger partial charge on any atom is -0.493 e. The monoisotopic (exact) mass is 315 g/mol. The minimum absolute atomic E-state index is 0.126. The standard InChI is InChI=1S/C18H21NO4/c1-4-15(17-12(3)7-6-10-19-17)23-13-8-9-14(18(20)21)16(11-13)22-5-2/h6-11,15H,4-5H2,1-3H3,(H,20,21). The second kappa shape index (κ2) is 7.63. The van der Waals surface area contributed by atoms with Gasteiger partial charge in [-0.1, -0.05) is 13.0 Å². The normalized spacial score (nSPS) is 11.8. The molecule has 0 bridgehead atoms. The first kappa shape index (κ1) is 16.8. The van der Waals surface area contributed by atoms with Gasteiger partial charge in [-0.15, -0.1) is 0 Å². The van der Waals surface area contributed by atoms with Crippen LogP contribution in [0.1, 0.15) is 48.0 Å². The van der Waals surface area contributed by atoms with Crippen molar-refractivity contribution in [2.45, 2.75) is 33.3 Å². The van der Waals surface area contributed by atoms with Crippen molar-refractivity contribution in [1.29, 1.82) is 0 Å². The van der Waals surface area contributed by atoms with Gasteiger partial charge in [-0.3, -0.25) is 4.98 Å². The van der Waals surface area contributed by atoms with Crippen LogP contribution in [0.3, 0.4) is 0 Å². The molecule has 0 amide bonds. The molecule has 0 fully saturated rings. The highest BCUT2D eigenvalue weighted by Gasteiger charge is 2.17. The third-order valence-electron chi connectivity index (χ3n) is 3.49. The van der Waals surface area contributed by atoms with Gasteiger partial charge in [0.25, 0.3) is 0 Å². The van der Waals surface area contributed by atoms with Gasteiger partial charge in [0, 0.05) is 12.3 Å². The van der Waals surface area contributed by atoms with Crippen molar-refractivity contribution in [2.24, 2.45) is 0 Å². The van der Waals surface area contributed by atoms with Crippen LogP contribution in [-0.4, -0.2) is 22.7 Å². The number of hydrogen-bond acceptors (Lipinski definition) is 4. The molecule has 1 heterocycles. The molecule has 0 radical (unpaired) electrons. The van der Waals surface area contributed by atoms with Crippen molar-refractivity contribution in [2.75, 3.05) is 6.61 Å². The summed E-state index contributed by atoms with van der Waals surface area (Å²) in [6.45, 7) is 6.22. The van der Waals surface area contributed by atoms with Gasteiger partial charge in [0.1, 0.15) is 23.2 Å². The van der Waals surface area contributed by atoms with Crippen molar-refractivity contribution < 1.29 is 19.4 Å². The zero-order chi connectivity index (χ0) is 16.8. The predicted molar refractivity (Wildman–Crippen MR) is 87.2 cm³/mol. The molecule has 0 aliphatic rings. The van der Waals surface area contributed by atoms with Crippen LogP contribution in [0.5, 0.6) is 11.5 Å². The van der Waals surface area contributed by atoms with Crippen molar-refractivity contribution in [3.05, 3.63) is 53.3 Å². The van der Waals surface area contributed by atoms with Crippen LogP contribution in [0, 0.1) is 6.92 Å². The Kier molecular flexibility index (Phi) is 5.57. The van der Waals surface area contributed by atoms with E-state index >= 15 is 0 Å². The van der Waals surface area contributed by atoms with E-state index in [4.69, 9.17) is 9.47 Å². The number of ether oxygens (including phenoxy) is 2. The van der Waals surface area contributed by atoms with Gasteiger partial charge in [-0.25, -0.2) is 4.79 Å². The molecule has 2 rings (SSSR count). The maximum Gasteiger partial charge on any atom is 0.339 e. The maximum absolute atomic E-state index is 11.2. The number of nitrogens with zero attached hydrogens (tertiary/aromatic N) is 1. The molecule has 5 heteroatoms. The van der Waals surface area contributed by atoms with E-state index in [1.54, 1.807) is 18.3 Å². The lowest BCUT2D eigenvalue weighted by Gasteiger charge is -2.19. The van der Waals surface area contributed by atoms with Crippen molar-refractivity contribution in [3.8, 4) is 11.5 Å². The number of aromatic carboxylic acids is 1. The lowest BCUT2D eigenvalue weighted by Crippen LogP contribution is -2.11. The molecular formula is C18H21NO4. The van der Waals surface area contributed by atoms with Crippen LogP contribution in [0.15, 0.2) is 36.5 Å². The Hall–Kier alpha value is -2.56. The number of carboxylic acids is 1. The Labute approximate surface area is 135 Å². The molecule has 0 saturated carbocycles. The molecule has 1 atom stereocenters. The average molecular weight is 315 g/mol. The third-order valence-corrected chi connectivity index (χ3v) is 3.49. The largest absolute Gasteiger partial charge is 0.493 e. The fourth-order valence-electron chi connectivity index (χ4n) is 2.36. The quantitative estimate of drug-likeness (QED) is 0.836. The fourth-order valence-corrected chi connectivity index (χ4v) is 2.36. The highest BCUT2D eigenvalue weighted by atomic mass is 16.5. The summed E-state index contributed by atoms with van der Waals surface area (Å²) in [4.78, 5) is 15.6. The van der Waals surface area contributed by atoms with Gasteiger partial charge in [0.05, 0.1) is 12.3 Å². The number of hydrogen-bond donors (Lipinski definition) is 1. The SMILES string of the molecule is CCOc1cc(OC(CC)c2ncccc2C)ccc1C(=O)O. The zero-order valence-electron chi connectivity index (χ0n) is 13.6. The average Bonchev–Trinajstić information content (AvgIpc) is 2.53. The lowest BCUT2D eigenvalue weighted by atomic mass is 10.1. The van der Waals surface area contributed by atoms with E-state index in [-0.39, 0.29) is 11.7 Å². The van der Waals surface area contributed by atoms with E-state index in [0.29, 0.717) is 18.1 Å². The minimum atomic E-state index is -1.02. The molecule has 0 saturated heterocycles. The Bertz CT molecular complexity index is 684. The summed E-state index contributed by atoms with van der Waals surface area (Å²) in [6.07, 6.45) is 2.30. The summed E-state index contributed by atoms with van der Waals surface area (Å²) < 4.78 is 11.4. The first-order chi connectivity index (χ1) is 11.1. The van der Waals surface area contributed by atoms with Crippen molar-refractivity contribution in [1.82, 2.24) is 4.98 Å². The van der Waals surface area contributed by atoms with Gasteiger partial charge in [0.2, 0.25) is 0 Å². The molecule has 1 unspecified atom stereocenters. The van der Waals surface area contributed by atoms with Gasteiger partial charge in [0.15, 0.2) is 0 Å². The predicted octanol–water partition coefficient (Wildman–Crippen LogP) is 4.02. The Morgan fingerprint density at radius 3 is 2.70 bits per heavy atom. The zero-order valence-corrected chi connectivity index (χ0v) is 13.6. The molecule has 1 aromatic carbocycles. The van der Waals surface area contributed by atoms with Crippen LogP contribution >= 0.6 is 0 Å². The summed E-state index contributed by atoms with van der Waals surface area (Å²) in [7, 11) is 0. The fraction of sp³-hybridized carbons (Fsp3) is 0.333. The maximum atomic E-state index is 11.2. The van der Waals surface area contributed by atoms with E-state index in [2.05, 4.69) is 4.98 Å². The van der Waals surface area contributed by atoms with E-state index in [1.165, 1.54) is 6.07 Å². The second-order valence-corrected chi connectivity index (χ2v) is 5.12. The number of benzene rings is 1. The first-order valence-electron chi connectivity index (χ1n) is 7.65. The van der Waals surface area contributed by atoms with E-state index in [9.17, 15) is 9.90 Å². The second-order valence-electron chi connectivity index (χ2n) is 5.12. The summed E-state index contributed by atoms with van der Waals surface area (Å²) in [5, 5.41) is 9.19. The van der Waals surface area contributed by atoms with Crippen LogP contribution in [0.4, 0.5) is 0 Å². The van der Waals surface area contributed by atoms with Crippen LogP contribution in [0.25, 0.3) is 0 Å². The van der Waals surface area contributed by atoms with E-state index < -0.39 is 5.97 Å². The molecule has 0 aliphatic carbocycles. The van der Waals surface area contributed by atoms with Crippen LogP contribution < -0.4 is 9.47 Å². The van der Waals surface area contributed by atoms with Crippen LogP contribution in [0.2, 0.25) is 0 Å². The molecular weight excluding hydrogens is 294 g/mol. The molecule has 122 valence electrons. The van der Waals surface area contributed by atoms with E-state index in [1.807, 2.05) is 32.9 Å². The summed E-state index contributed by atoms with van der Waals surface area (Å²) in [6, 6.07) is 8.65. The van der Waals surface area contributed by atoms with Gasteiger partial charge in [-0.2, -0.15) is 0 Å². The molecule has 1 aromatic heterocycles. The number of rotatable bonds is 7. The van der Waals surface area contributed by atoms with Gasteiger partial charge >= 0.3 is 5.97 Å². The molecule has 1 N–H and O–H groups in total. The number of aromatic nitrogens is 1. The summed E-state index contributed by atoms with van der Waals surface area (Å²) in [5.74, 6) is -0.145. The topological polar surface area (TPSA) is 68.7 Å². The van der Waals surface area contributed by atoms with Gasteiger partial charge < -0.3 is 14.6 Å². The highest BCUT2D eigenvalue weighted by Crippen LogP contribution is 2.30. The Balaban J connectivity index is 2.29. The number of carbonyl (C=O) groups is 1. The molecule has 0 spiro atoms. The third kappa shape index (κ3) is 4.00. The Morgan fingerprint density at radius 2 is 2.09 bits per heavy atom. The number of carboxylic acid groups (broad SMARTS) is 1. The first-order valence-corrected chi connectivity index (χ1v) is 7.65. The highest BCUT2D eigenvalue weighted by molar-refractivity contribution is 5.91. The van der Waals surface area contributed by atoms with Crippen molar-refractivity contribution in [3.63, 3.8) is 0 Å². The smallest absolute Gasteiger partial charge is 0.339 e. The summed E-state index contributed by atoms with van der Waals surface area (Å²) in [5.41, 5.74) is 2.07. The molecule has 23 heavy (non-hydrogen) atoms. The number of aryl methyl sites for hydroxylation is 1. The summed E-state index contributed by atoms with van der Waals surface area (Å²) >= 11 is 0.